The molecule has 0 bridgehead atoms. The van der Waals surface area contributed by atoms with E-state index in [1.54, 1.807) is 0 Å². The number of carboxylic acids is 1. The maximum atomic E-state index is 13.1. The van der Waals surface area contributed by atoms with Crippen LogP contribution in [-0.2, 0) is 42.9 Å². The molecule has 1 saturated heterocycles. The number of allylic oxidation sites excluding steroid dienone is 12. The number of carboxylic acid groups (broad SMARTS) is 1. The van der Waals surface area contributed by atoms with Gasteiger partial charge in [0, 0.05) is 19.3 Å². The normalized spacial score (nSPS) is 18.5. The molecular formula is C65H110O12. The first-order chi connectivity index (χ1) is 37.6. The highest BCUT2D eigenvalue weighted by molar-refractivity contribution is 5.74. The van der Waals surface area contributed by atoms with Crippen LogP contribution in [0.15, 0.2) is 72.9 Å². The molecule has 0 amide bonds. The molecule has 1 fully saturated rings. The predicted molar refractivity (Wildman–Crippen MR) is 312 cm³/mol. The molecule has 3 N–H and O–H groups in total. The molecule has 77 heavy (non-hydrogen) atoms. The molecule has 0 spiro atoms. The Bertz CT molecular complexity index is 1620. The van der Waals surface area contributed by atoms with Gasteiger partial charge in [-0.2, -0.15) is 0 Å². The van der Waals surface area contributed by atoms with Crippen molar-refractivity contribution in [2.24, 2.45) is 0 Å². The zero-order valence-electron chi connectivity index (χ0n) is 48.7. The Morgan fingerprint density at radius 1 is 0.442 bits per heavy atom. The molecule has 12 nitrogen and oxygen atoms in total. The van der Waals surface area contributed by atoms with Crippen molar-refractivity contribution in [1.29, 1.82) is 0 Å². The number of rotatable bonds is 52. The Morgan fingerprint density at radius 3 is 1.22 bits per heavy atom. The molecule has 442 valence electrons. The number of aliphatic hydroxyl groups is 2. The van der Waals surface area contributed by atoms with E-state index in [2.05, 4.69) is 75.5 Å². The van der Waals surface area contributed by atoms with Gasteiger partial charge in [0.1, 0.15) is 18.8 Å². The Labute approximate surface area is 468 Å². The fourth-order valence-electron chi connectivity index (χ4n) is 9.10. The van der Waals surface area contributed by atoms with Crippen LogP contribution in [0.5, 0.6) is 0 Å². The highest BCUT2D eigenvalue weighted by Crippen LogP contribution is 2.26. The first-order valence-electron chi connectivity index (χ1n) is 30.9. The van der Waals surface area contributed by atoms with Crippen molar-refractivity contribution in [3.05, 3.63) is 72.9 Å². The second-order valence-electron chi connectivity index (χ2n) is 21.0. The van der Waals surface area contributed by atoms with Crippen LogP contribution < -0.4 is 0 Å². The van der Waals surface area contributed by atoms with Gasteiger partial charge < -0.3 is 39.0 Å². The van der Waals surface area contributed by atoms with Gasteiger partial charge >= 0.3 is 23.9 Å². The van der Waals surface area contributed by atoms with E-state index >= 15 is 0 Å². The summed E-state index contributed by atoms with van der Waals surface area (Å²) < 4.78 is 28.3. The average molecular weight is 1080 g/mol. The van der Waals surface area contributed by atoms with Crippen molar-refractivity contribution in [3.8, 4) is 0 Å². The standard InChI is InChI=1S/C65H110O12/c1-4-7-10-13-16-19-21-23-25-27-29-31-33-35-37-40-42-45-48-51-57(66)73-54-56(75-58(67)52-49-46-43-39-18-15-12-9-6-3)55-74-65-63(61(70)60(69)62(77-65)64(71)72)76-59(68)53-50-47-44-41-38-36-34-32-30-28-26-24-22-20-17-14-11-8-5-2/h8,11,17,20,24,26,30,32,36,38,44,47,56,60-63,65,69-70H,4-7,9-10,12-16,18-19,21-23,25,27-29,31,33-35,37,39-43,45-46,48-55H2,1-3H3,(H,71,72)/b11-8-,20-17-,26-24-,32-30-,38-36-,47-44-. The summed E-state index contributed by atoms with van der Waals surface area (Å²) in [6.07, 6.45) is 54.7. The van der Waals surface area contributed by atoms with Crippen molar-refractivity contribution in [2.75, 3.05) is 13.2 Å². The largest absolute Gasteiger partial charge is 0.479 e. The molecule has 0 aromatic heterocycles. The van der Waals surface area contributed by atoms with E-state index in [1.165, 1.54) is 128 Å². The lowest BCUT2D eigenvalue weighted by atomic mass is 9.98. The molecule has 6 atom stereocenters. The molecule has 0 saturated carbocycles. The van der Waals surface area contributed by atoms with Crippen molar-refractivity contribution >= 4 is 23.9 Å². The lowest BCUT2D eigenvalue weighted by molar-refractivity contribution is -0.301. The Morgan fingerprint density at radius 2 is 0.818 bits per heavy atom. The lowest BCUT2D eigenvalue weighted by Crippen LogP contribution is -2.61. The molecular weight excluding hydrogens is 973 g/mol. The number of hydrogen-bond acceptors (Lipinski definition) is 11. The van der Waals surface area contributed by atoms with Crippen LogP contribution in [-0.4, -0.2) is 89.2 Å². The van der Waals surface area contributed by atoms with Gasteiger partial charge in [-0.3, -0.25) is 14.4 Å². The minimum atomic E-state index is -1.93. The number of ether oxygens (including phenoxy) is 5. The second-order valence-corrected chi connectivity index (χ2v) is 21.0. The van der Waals surface area contributed by atoms with Crippen LogP contribution in [0.4, 0.5) is 0 Å². The van der Waals surface area contributed by atoms with Gasteiger partial charge in [0.25, 0.3) is 0 Å². The lowest BCUT2D eigenvalue weighted by Gasteiger charge is -2.40. The highest BCUT2D eigenvalue weighted by Gasteiger charge is 2.50. The van der Waals surface area contributed by atoms with Gasteiger partial charge in [-0.15, -0.1) is 0 Å². The third-order valence-corrected chi connectivity index (χ3v) is 13.8. The number of unbranched alkanes of at least 4 members (excludes halogenated alkanes) is 26. The summed E-state index contributed by atoms with van der Waals surface area (Å²) in [5, 5.41) is 31.5. The maximum absolute atomic E-state index is 13.1. The zero-order valence-corrected chi connectivity index (χ0v) is 48.7. The van der Waals surface area contributed by atoms with Crippen LogP contribution in [0.3, 0.4) is 0 Å². The van der Waals surface area contributed by atoms with E-state index in [0.717, 1.165) is 70.6 Å². The molecule has 6 unspecified atom stereocenters. The molecule has 1 heterocycles. The van der Waals surface area contributed by atoms with Crippen LogP contribution in [0.1, 0.15) is 265 Å². The average Bonchev–Trinajstić information content (AvgIpc) is 3.42. The van der Waals surface area contributed by atoms with Crippen molar-refractivity contribution in [1.82, 2.24) is 0 Å². The molecule has 1 aliphatic heterocycles. The molecule has 1 aliphatic rings. The Hall–Kier alpha value is -3.84. The summed E-state index contributed by atoms with van der Waals surface area (Å²) in [5.74, 6) is -3.22. The number of aliphatic hydroxyl groups excluding tert-OH is 2. The summed E-state index contributed by atoms with van der Waals surface area (Å²) in [6.45, 7) is 5.85. The smallest absolute Gasteiger partial charge is 0.335 e. The van der Waals surface area contributed by atoms with Gasteiger partial charge in [-0.1, -0.05) is 261 Å². The second kappa shape index (κ2) is 52.8. The molecule has 0 aliphatic carbocycles. The molecule has 0 aromatic rings. The summed E-state index contributed by atoms with van der Waals surface area (Å²) in [7, 11) is 0. The summed E-state index contributed by atoms with van der Waals surface area (Å²) in [4.78, 5) is 51.0. The Balaban J connectivity index is 2.64. The molecule has 0 radical (unpaired) electrons. The summed E-state index contributed by atoms with van der Waals surface area (Å²) in [6, 6.07) is 0. The van der Waals surface area contributed by atoms with Crippen molar-refractivity contribution in [3.63, 3.8) is 0 Å². The minimum Gasteiger partial charge on any atom is -0.479 e. The Kier molecular flexibility index (Phi) is 48.8. The number of carbonyl (C=O) groups is 4. The van der Waals surface area contributed by atoms with E-state index in [4.69, 9.17) is 23.7 Å². The first kappa shape index (κ1) is 71.2. The van der Waals surface area contributed by atoms with E-state index in [1.807, 2.05) is 18.2 Å². The summed E-state index contributed by atoms with van der Waals surface area (Å²) >= 11 is 0. The number of carbonyl (C=O) groups excluding carboxylic acids is 3. The van der Waals surface area contributed by atoms with E-state index in [9.17, 15) is 34.5 Å². The third-order valence-electron chi connectivity index (χ3n) is 13.8. The van der Waals surface area contributed by atoms with E-state index < -0.39 is 67.3 Å². The molecule has 12 heteroatoms. The SMILES string of the molecule is CC/C=C\C/C=C\C/C=C\C/C=C\C/C=C\C/C=C\CCC(=O)OC1C(OCC(COC(=O)CCCCCCCCCCCCCCCCCCCCC)OC(=O)CCCCCCCCCCC)OC(C(=O)O)C(O)C1O. The van der Waals surface area contributed by atoms with E-state index in [-0.39, 0.29) is 25.9 Å². The highest BCUT2D eigenvalue weighted by atomic mass is 16.7. The van der Waals surface area contributed by atoms with Gasteiger partial charge in [0.05, 0.1) is 6.61 Å². The van der Waals surface area contributed by atoms with Crippen LogP contribution in [0, 0.1) is 0 Å². The fraction of sp³-hybridized carbons (Fsp3) is 0.754. The van der Waals surface area contributed by atoms with Crippen LogP contribution in [0.2, 0.25) is 0 Å². The minimum absolute atomic E-state index is 0.0644. The zero-order chi connectivity index (χ0) is 56.1. The number of aliphatic carboxylic acids is 1. The quantitative estimate of drug-likeness (QED) is 0.0228. The third kappa shape index (κ3) is 42.7. The fourth-order valence-corrected chi connectivity index (χ4v) is 9.10. The van der Waals surface area contributed by atoms with Gasteiger partial charge in [-0.05, 0) is 57.8 Å². The van der Waals surface area contributed by atoms with Gasteiger partial charge in [-0.25, -0.2) is 4.79 Å². The maximum Gasteiger partial charge on any atom is 0.335 e. The van der Waals surface area contributed by atoms with Crippen molar-refractivity contribution < 1.29 is 58.2 Å². The number of hydrogen-bond donors (Lipinski definition) is 3. The number of esters is 3. The van der Waals surface area contributed by atoms with Gasteiger partial charge in [0.15, 0.2) is 24.6 Å². The van der Waals surface area contributed by atoms with E-state index in [0.29, 0.717) is 25.7 Å². The first-order valence-corrected chi connectivity index (χ1v) is 30.9. The monoisotopic (exact) mass is 1080 g/mol. The molecule has 0 aromatic carbocycles. The predicted octanol–water partition coefficient (Wildman–Crippen LogP) is 16.1. The van der Waals surface area contributed by atoms with Crippen molar-refractivity contribution in [2.45, 2.75) is 302 Å². The molecule has 1 rings (SSSR count). The summed E-state index contributed by atoms with van der Waals surface area (Å²) in [5.41, 5.74) is 0. The van der Waals surface area contributed by atoms with Gasteiger partial charge in [0.2, 0.25) is 0 Å². The van der Waals surface area contributed by atoms with Crippen LogP contribution >= 0.6 is 0 Å². The van der Waals surface area contributed by atoms with Crippen LogP contribution in [0.25, 0.3) is 0 Å². The topological polar surface area (TPSA) is 175 Å².